The summed E-state index contributed by atoms with van der Waals surface area (Å²) < 4.78 is 12.7. The van der Waals surface area contributed by atoms with Crippen LogP contribution in [0.25, 0.3) is 5.69 Å². The average Bonchev–Trinajstić information content (AvgIpc) is 3.31. The molecule has 1 N–H and O–H groups in total. The molecular formula is C20H27N3O3. The fourth-order valence-electron chi connectivity index (χ4n) is 3.24. The number of benzene rings is 1. The van der Waals surface area contributed by atoms with Gasteiger partial charge in [0.05, 0.1) is 13.2 Å². The third kappa shape index (κ3) is 4.43. The van der Waals surface area contributed by atoms with Crippen LogP contribution in [0.1, 0.15) is 48.7 Å². The number of aromatic nitrogens is 2. The van der Waals surface area contributed by atoms with Crippen molar-refractivity contribution in [2.24, 2.45) is 0 Å². The molecule has 6 nitrogen and oxygen atoms in total. The van der Waals surface area contributed by atoms with Gasteiger partial charge in [-0.15, -0.1) is 0 Å². The fraction of sp³-hybridized carbons (Fsp3) is 0.500. The second kappa shape index (κ2) is 8.36. The van der Waals surface area contributed by atoms with Crippen molar-refractivity contribution in [1.82, 2.24) is 15.1 Å². The summed E-state index contributed by atoms with van der Waals surface area (Å²) in [6.45, 7) is 4.90. The van der Waals surface area contributed by atoms with E-state index < -0.39 is 0 Å². The van der Waals surface area contributed by atoms with Crippen LogP contribution in [-0.2, 0) is 4.74 Å². The largest absolute Gasteiger partial charge is 0.494 e. The van der Waals surface area contributed by atoms with Crippen LogP contribution in [-0.4, -0.2) is 41.6 Å². The molecule has 140 valence electrons. The van der Waals surface area contributed by atoms with E-state index in [0.29, 0.717) is 11.8 Å². The molecule has 0 radical (unpaired) electrons. The maximum Gasteiger partial charge on any atom is 0.271 e. The summed E-state index contributed by atoms with van der Waals surface area (Å²) in [7, 11) is 1.63. The van der Waals surface area contributed by atoms with E-state index in [1.807, 2.05) is 32.0 Å². The minimum Gasteiger partial charge on any atom is -0.494 e. The van der Waals surface area contributed by atoms with Gasteiger partial charge in [-0.2, -0.15) is 5.10 Å². The molecule has 1 aromatic carbocycles. The Morgan fingerprint density at radius 2 is 2.31 bits per heavy atom. The van der Waals surface area contributed by atoms with Crippen molar-refractivity contribution in [3.05, 3.63) is 41.7 Å². The van der Waals surface area contributed by atoms with Gasteiger partial charge in [0, 0.05) is 18.8 Å². The minimum atomic E-state index is -0.157. The normalized spacial score (nSPS) is 17.9. The van der Waals surface area contributed by atoms with E-state index in [1.165, 1.54) is 0 Å². The van der Waals surface area contributed by atoms with Crippen molar-refractivity contribution < 1.29 is 14.3 Å². The molecule has 1 aliphatic rings. The summed E-state index contributed by atoms with van der Waals surface area (Å²) >= 11 is 0. The van der Waals surface area contributed by atoms with Crippen molar-refractivity contribution in [1.29, 1.82) is 0 Å². The first-order valence-electron chi connectivity index (χ1n) is 9.20. The number of amides is 1. The molecule has 0 saturated carbocycles. The van der Waals surface area contributed by atoms with Gasteiger partial charge in [-0.1, -0.05) is 6.07 Å². The maximum absolute atomic E-state index is 12.5. The zero-order valence-corrected chi connectivity index (χ0v) is 15.7. The van der Waals surface area contributed by atoms with Crippen molar-refractivity contribution in [2.75, 3.05) is 13.7 Å². The van der Waals surface area contributed by atoms with E-state index in [0.717, 1.165) is 49.3 Å². The van der Waals surface area contributed by atoms with Crippen LogP contribution in [0.2, 0.25) is 0 Å². The number of methoxy groups -OCH3 is 1. The van der Waals surface area contributed by atoms with Crippen LogP contribution < -0.4 is 10.1 Å². The Morgan fingerprint density at radius 3 is 3.04 bits per heavy atom. The van der Waals surface area contributed by atoms with Crippen LogP contribution in [0.3, 0.4) is 0 Å². The molecule has 3 rings (SSSR count). The van der Waals surface area contributed by atoms with Crippen molar-refractivity contribution >= 4 is 5.91 Å². The Bertz CT molecular complexity index is 751. The highest BCUT2D eigenvalue weighted by atomic mass is 16.5. The highest BCUT2D eigenvalue weighted by molar-refractivity contribution is 5.92. The SMILES string of the molecule is COc1ccc(C)cc1-n1ccc(C(=O)NC(C)CCC2CCCO2)n1. The lowest BCUT2D eigenvalue weighted by molar-refractivity contribution is 0.0895. The van der Waals surface area contributed by atoms with E-state index >= 15 is 0 Å². The van der Waals surface area contributed by atoms with Crippen molar-refractivity contribution in [2.45, 2.75) is 51.7 Å². The molecule has 1 saturated heterocycles. The molecule has 2 unspecified atom stereocenters. The first kappa shape index (κ1) is 18.5. The van der Waals surface area contributed by atoms with E-state index in [1.54, 1.807) is 24.1 Å². The topological polar surface area (TPSA) is 65.4 Å². The van der Waals surface area contributed by atoms with E-state index in [4.69, 9.17) is 9.47 Å². The molecule has 1 fully saturated rings. The lowest BCUT2D eigenvalue weighted by atomic mass is 10.1. The molecule has 0 bridgehead atoms. The number of rotatable bonds is 7. The molecule has 2 aromatic rings. The number of hydrogen-bond acceptors (Lipinski definition) is 4. The van der Waals surface area contributed by atoms with Crippen LogP contribution in [0, 0.1) is 6.92 Å². The highest BCUT2D eigenvalue weighted by Gasteiger charge is 2.18. The lowest BCUT2D eigenvalue weighted by Gasteiger charge is -2.15. The van der Waals surface area contributed by atoms with Gasteiger partial charge in [0.15, 0.2) is 5.69 Å². The number of ether oxygens (including phenoxy) is 2. The van der Waals surface area contributed by atoms with Gasteiger partial charge in [-0.25, -0.2) is 4.68 Å². The smallest absolute Gasteiger partial charge is 0.271 e. The van der Waals surface area contributed by atoms with E-state index in [-0.39, 0.29) is 11.9 Å². The highest BCUT2D eigenvalue weighted by Crippen LogP contribution is 2.23. The molecule has 0 spiro atoms. The number of nitrogens with zero attached hydrogens (tertiary/aromatic N) is 2. The van der Waals surface area contributed by atoms with Crippen molar-refractivity contribution in [3.63, 3.8) is 0 Å². The van der Waals surface area contributed by atoms with Crippen LogP contribution >= 0.6 is 0 Å². The quantitative estimate of drug-likeness (QED) is 0.826. The summed E-state index contributed by atoms with van der Waals surface area (Å²) in [5.74, 6) is 0.561. The van der Waals surface area contributed by atoms with Gasteiger partial charge in [0.2, 0.25) is 0 Å². The second-order valence-electron chi connectivity index (χ2n) is 6.91. The average molecular weight is 357 g/mol. The summed E-state index contributed by atoms with van der Waals surface area (Å²) in [6.07, 6.45) is 6.29. The molecule has 6 heteroatoms. The Kier molecular flexibility index (Phi) is 5.93. The number of nitrogens with one attached hydrogen (secondary N) is 1. The predicted octanol–water partition coefficient (Wildman–Crippen LogP) is 3.27. The zero-order chi connectivity index (χ0) is 18.5. The maximum atomic E-state index is 12.5. The standard InChI is InChI=1S/C20H27N3O3/c1-14-6-9-19(25-3)18(13-14)23-11-10-17(22-23)20(24)21-15(2)7-8-16-5-4-12-26-16/h6,9-11,13,15-16H,4-5,7-8,12H2,1-3H3,(H,21,24). The molecule has 0 aliphatic carbocycles. The number of hydrogen-bond donors (Lipinski definition) is 1. The van der Waals surface area contributed by atoms with Crippen LogP contribution in [0.15, 0.2) is 30.5 Å². The van der Waals surface area contributed by atoms with Gasteiger partial charge < -0.3 is 14.8 Å². The lowest BCUT2D eigenvalue weighted by Crippen LogP contribution is -2.33. The number of carbonyl (C=O) groups excluding carboxylic acids is 1. The third-order valence-electron chi connectivity index (χ3n) is 4.73. The Labute approximate surface area is 154 Å². The van der Waals surface area contributed by atoms with E-state index in [9.17, 15) is 4.79 Å². The number of aryl methyl sites for hydroxylation is 1. The summed E-state index contributed by atoms with van der Waals surface area (Å²) in [5, 5.41) is 7.44. The monoisotopic (exact) mass is 357 g/mol. The predicted molar refractivity (Wildman–Crippen MR) is 100.0 cm³/mol. The summed E-state index contributed by atoms with van der Waals surface area (Å²) in [6, 6.07) is 7.68. The van der Waals surface area contributed by atoms with Crippen LogP contribution in [0.5, 0.6) is 5.75 Å². The molecule has 2 atom stereocenters. The first-order valence-corrected chi connectivity index (χ1v) is 9.20. The van der Waals surface area contributed by atoms with Gasteiger partial charge in [-0.3, -0.25) is 4.79 Å². The molecule has 1 amide bonds. The zero-order valence-electron chi connectivity index (χ0n) is 15.7. The van der Waals surface area contributed by atoms with Crippen LogP contribution in [0.4, 0.5) is 0 Å². The molecule has 1 aromatic heterocycles. The molecular weight excluding hydrogens is 330 g/mol. The first-order chi connectivity index (χ1) is 12.6. The van der Waals surface area contributed by atoms with Gasteiger partial charge in [-0.05, 0) is 63.3 Å². The Morgan fingerprint density at radius 1 is 1.46 bits per heavy atom. The van der Waals surface area contributed by atoms with Gasteiger partial charge in [0.25, 0.3) is 5.91 Å². The fourth-order valence-corrected chi connectivity index (χ4v) is 3.24. The molecule has 26 heavy (non-hydrogen) atoms. The Balaban J connectivity index is 1.61. The summed E-state index contributed by atoms with van der Waals surface area (Å²) in [5.41, 5.74) is 2.32. The van der Waals surface area contributed by atoms with Gasteiger partial charge >= 0.3 is 0 Å². The summed E-state index contributed by atoms with van der Waals surface area (Å²) in [4.78, 5) is 12.5. The minimum absolute atomic E-state index is 0.0883. The number of carbonyl (C=O) groups is 1. The third-order valence-corrected chi connectivity index (χ3v) is 4.73. The molecule has 1 aliphatic heterocycles. The molecule has 2 heterocycles. The van der Waals surface area contributed by atoms with Crippen molar-refractivity contribution in [3.8, 4) is 11.4 Å². The van der Waals surface area contributed by atoms with E-state index in [2.05, 4.69) is 10.4 Å². The Hall–Kier alpha value is -2.34. The van der Waals surface area contributed by atoms with Gasteiger partial charge in [0.1, 0.15) is 11.4 Å². The second-order valence-corrected chi connectivity index (χ2v) is 6.91.